The van der Waals surface area contributed by atoms with Crippen LogP contribution >= 0.6 is 0 Å². The summed E-state index contributed by atoms with van der Waals surface area (Å²) >= 11 is 0. The fourth-order valence-corrected chi connectivity index (χ4v) is 2.38. The smallest absolute Gasteiger partial charge is 0.409 e. The van der Waals surface area contributed by atoms with Crippen molar-refractivity contribution < 1.29 is 14.3 Å². The summed E-state index contributed by atoms with van der Waals surface area (Å²) in [5, 5.41) is 2.85. The highest BCUT2D eigenvalue weighted by Gasteiger charge is 2.25. The molecule has 0 bridgehead atoms. The number of amides is 2. The zero-order valence-electron chi connectivity index (χ0n) is 12.7. The van der Waals surface area contributed by atoms with Gasteiger partial charge in [-0.05, 0) is 32.8 Å². The molecule has 0 aromatic carbocycles. The second-order valence-electron chi connectivity index (χ2n) is 5.19. The van der Waals surface area contributed by atoms with Gasteiger partial charge in [-0.15, -0.1) is 0 Å². The number of likely N-dealkylation sites (tertiary alicyclic amines) is 1. The van der Waals surface area contributed by atoms with E-state index in [2.05, 4.69) is 15.3 Å². The molecule has 1 aliphatic rings. The number of hydrogen-bond donors (Lipinski definition) is 2. The van der Waals surface area contributed by atoms with Gasteiger partial charge < -0.3 is 19.9 Å². The maximum atomic E-state index is 12.1. The molecule has 0 aliphatic carbocycles. The van der Waals surface area contributed by atoms with Gasteiger partial charge in [0.25, 0.3) is 5.91 Å². The summed E-state index contributed by atoms with van der Waals surface area (Å²) in [6.45, 7) is 4.87. The summed E-state index contributed by atoms with van der Waals surface area (Å²) in [5.74, 6) is -0.371. The fourth-order valence-electron chi connectivity index (χ4n) is 2.38. The first-order valence-corrected chi connectivity index (χ1v) is 7.30. The Kier molecular flexibility index (Phi) is 5.13. The van der Waals surface area contributed by atoms with Gasteiger partial charge in [0.05, 0.1) is 6.61 Å². The standard InChI is InChI=1S/C14H20N4O4/c1-3-22-14(21)18-6-4-10(5-7-18)16-12(19)11-8-9(2)15-13(20)17-11/h8,10H,3-7H2,1-2H3,(H,16,19)(H,15,17,20). The lowest BCUT2D eigenvalue weighted by Gasteiger charge is -2.31. The van der Waals surface area contributed by atoms with Gasteiger partial charge >= 0.3 is 11.8 Å². The molecular formula is C14H20N4O4. The van der Waals surface area contributed by atoms with E-state index in [1.165, 1.54) is 6.07 Å². The van der Waals surface area contributed by atoms with E-state index in [0.29, 0.717) is 38.2 Å². The maximum absolute atomic E-state index is 12.1. The minimum absolute atomic E-state index is 0.0421. The highest BCUT2D eigenvalue weighted by Crippen LogP contribution is 2.12. The van der Waals surface area contributed by atoms with Gasteiger partial charge in [-0.2, -0.15) is 4.98 Å². The molecule has 1 aliphatic heterocycles. The van der Waals surface area contributed by atoms with Crippen molar-refractivity contribution in [3.8, 4) is 0 Å². The predicted molar refractivity (Wildman–Crippen MR) is 78.7 cm³/mol. The lowest BCUT2D eigenvalue weighted by atomic mass is 10.1. The molecule has 2 amide bonds. The van der Waals surface area contributed by atoms with Crippen LogP contribution in [0.15, 0.2) is 10.9 Å². The second kappa shape index (κ2) is 7.06. The maximum Gasteiger partial charge on any atom is 0.409 e. The molecule has 8 heteroatoms. The number of carbonyl (C=O) groups excluding carboxylic acids is 2. The van der Waals surface area contributed by atoms with Crippen molar-refractivity contribution in [2.24, 2.45) is 0 Å². The first-order chi connectivity index (χ1) is 10.5. The summed E-state index contributed by atoms with van der Waals surface area (Å²) in [7, 11) is 0. The van der Waals surface area contributed by atoms with Gasteiger partial charge in [0, 0.05) is 24.8 Å². The van der Waals surface area contributed by atoms with Crippen LogP contribution in [0.2, 0.25) is 0 Å². The number of nitrogens with zero attached hydrogens (tertiary/aromatic N) is 2. The molecule has 1 aromatic heterocycles. The van der Waals surface area contributed by atoms with Crippen LogP contribution < -0.4 is 11.0 Å². The third-order valence-electron chi connectivity index (χ3n) is 3.47. The van der Waals surface area contributed by atoms with Crippen LogP contribution in [-0.4, -0.2) is 52.6 Å². The number of ether oxygens (including phenoxy) is 1. The normalized spacial score (nSPS) is 15.5. The molecular weight excluding hydrogens is 288 g/mol. The number of carbonyl (C=O) groups is 2. The Morgan fingerprint density at radius 2 is 2.14 bits per heavy atom. The molecule has 0 atom stereocenters. The van der Waals surface area contributed by atoms with Gasteiger partial charge in [-0.3, -0.25) is 4.79 Å². The van der Waals surface area contributed by atoms with E-state index in [1.807, 2.05) is 0 Å². The first-order valence-electron chi connectivity index (χ1n) is 7.30. The van der Waals surface area contributed by atoms with E-state index < -0.39 is 5.69 Å². The third kappa shape index (κ3) is 4.06. The Bertz CT molecular complexity index is 605. The van der Waals surface area contributed by atoms with Crippen molar-refractivity contribution >= 4 is 12.0 Å². The number of rotatable bonds is 3. The summed E-state index contributed by atoms with van der Waals surface area (Å²) < 4.78 is 4.94. The first kappa shape index (κ1) is 16.0. The summed E-state index contributed by atoms with van der Waals surface area (Å²) in [4.78, 5) is 42.8. The third-order valence-corrected chi connectivity index (χ3v) is 3.47. The van der Waals surface area contributed by atoms with Crippen molar-refractivity contribution in [3.63, 3.8) is 0 Å². The van der Waals surface area contributed by atoms with E-state index in [0.717, 1.165) is 0 Å². The number of hydrogen-bond acceptors (Lipinski definition) is 5. The lowest BCUT2D eigenvalue weighted by molar-refractivity contribution is 0.0856. The monoisotopic (exact) mass is 308 g/mol. The highest BCUT2D eigenvalue weighted by molar-refractivity contribution is 5.92. The largest absolute Gasteiger partial charge is 0.450 e. The van der Waals surface area contributed by atoms with Crippen molar-refractivity contribution in [1.82, 2.24) is 20.2 Å². The lowest BCUT2D eigenvalue weighted by Crippen LogP contribution is -2.47. The summed E-state index contributed by atoms with van der Waals surface area (Å²) in [6.07, 6.45) is 0.971. The molecule has 2 rings (SSSR count). The Morgan fingerprint density at radius 1 is 1.45 bits per heavy atom. The topological polar surface area (TPSA) is 104 Å². The van der Waals surface area contributed by atoms with Gasteiger partial charge in [0.2, 0.25) is 0 Å². The van der Waals surface area contributed by atoms with E-state index in [-0.39, 0.29) is 23.7 Å². The zero-order valence-corrected chi connectivity index (χ0v) is 12.7. The van der Waals surface area contributed by atoms with Gasteiger partial charge in [-0.25, -0.2) is 9.59 Å². The van der Waals surface area contributed by atoms with E-state index >= 15 is 0 Å². The molecule has 120 valence electrons. The minimum atomic E-state index is -0.540. The quantitative estimate of drug-likeness (QED) is 0.842. The van der Waals surface area contributed by atoms with Crippen LogP contribution in [0.5, 0.6) is 0 Å². The van der Waals surface area contributed by atoms with Crippen molar-refractivity contribution in [2.45, 2.75) is 32.7 Å². The van der Waals surface area contributed by atoms with Crippen LogP contribution in [0, 0.1) is 6.92 Å². The van der Waals surface area contributed by atoms with Gasteiger partial charge in [0.15, 0.2) is 0 Å². The fraction of sp³-hybridized carbons (Fsp3) is 0.571. The number of aromatic nitrogens is 2. The SMILES string of the molecule is CCOC(=O)N1CCC(NC(=O)c2cc(C)[nH]c(=O)n2)CC1. The predicted octanol–water partition coefficient (Wildman–Crippen LogP) is 0.429. The molecule has 0 unspecified atom stereocenters. The summed E-state index contributed by atoms with van der Waals surface area (Å²) in [6, 6.07) is 1.49. The molecule has 2 N–H and O–H groups in total. The molecule has 0 spiro atoms. The summed E-state index contributed by atoms with van der Waals surface area (Å²) in [5.41, 5.74) is 0.152. The number of piperidine rings is 1. The molecule has 2 heterocycles. The Labute approximate surface area is 127 Å². The Morgan fingerprint density at radius 3 is 2.73 bits per heavy atom. The Hall–Kier alpha value is -2.38. The van der Waals surface area contributed by atoms with Gasteiger partial charge in [0.1, 0.15) is 5.69 Å². The molecule has 0 saturated carbocycles. The molecule has 8 nitrogen and oxygen atoms in total. The molecule has 0 radical (unpaired) electrons. The number of aromatic amines is 1. The molecule has 1 saturated heterocycles. The molecule has 22 heavy (non-hydrogen) atoms. The van der Waals surface area contributed by atoms with Crippen LogP contribution in [0.4, 0.5) is 4.79 Å². The minimum Gasteiger partial charge on any atom is -0.450 e. The number of nitrogens with one attached hydrogen (secondary N) is 2. The number of aryl methyl sites for hydroxylation is 1. The van der Waals surface area contributed by atoms with E-state index in [4.69, 9.17) is 4.74 Å². The zero-order chi connectivity index (χ0) is 16.1. The van der Waals surface area contributed by atoms with E-state index in [9.17, 15) is 14.4 Å². The highest BCUT2D eigenvalue weighted by atomic mass is 16.6. The average Bonchev–Trinajstić information content (AvgIpc) is 2.47. The van der Waals surface area contributed by atoms with Crippen molar-refractivity contribution in [3.05, 3.63) is 27.9 Å². The average molecular weight is 308 g/mol. The van der Waals surface area contributed by atoms with Crippen LogP contribution in [0.25, 0.3) is 0 Å². The van der Waals surface area contributed by atoms with Gasteiger partial charge in [-0.1, -0.05) is 0 Å². The molecule has 1 fully saturated rings. The second-order valence-corrected chi connectivity index (χ2v) is 5.19. The molecule has 1 aromatic rings. The van der Waals surface area contributed by atoms with Crippen LogP contribution in [0.3, 0.4) is 0 Å². The number of H-pyrrole nitrogens is 1. The van der Waals surface area contributed by atoms with Crippen molar-refractivity contribution in [2.75, 3.05) is 19.7 Å². The van der Waals surface area contributed by atoms with Crippen molar-refractivity contribution in [1.29, 1.82) is 0 Å². The van der Waals surface area contributed by atoms with Crippen LogP contribution in [0.1, 0.15) is 35.9 Å². The van der Waals surface area contributed by atoms with Crippen LogP contribution in [-0.2, 0) is 4.74 Å². The van der Waals surface area contributed by atoms with E-state index in [1.54, 1.807) is 18.7 Å². The Balaban J connectivity index is 1.89.